The smallest absolute Gasteiger partial charge is 0.222 e. The van der Waals surface area contributed by atoms with Gasteiger partial charge in [-0.1, -0.05) is 38.5 Å². The van der Waals surface area contributed by atoms with E-state index in [1.807, 2.05) is 0 Å². The Hall–Kier alpha value is -2.48. The van der Waals surface area contributed by atoms with Crippen LogP contribution in [0.15, 0.2) is 9.98 Å². The number of isocyanates is 4. The van der Waals surface area contributed by atoms with Crippen LogP contribution in [0, 0.1) is 22.7 Å². The average molecular weight is 350 g/mol. The summed E-state index contributed by atoms with van der Waals surface area (Å²) >= 11 is 0. The first kappa shape index (κ1) is 24.8. The summed E-state index contributed by atoms with van der Waals surface area (Å²) in [5, 5.41) is 10.8. The van der Waals surface area contributed by atoms with E-state index in [2.05, 4.69) is 9.98 Å². The van der Waals surface area contributed by atoms with Gasteiger partial charge < -0.3 is 0 Å². The van der Waals surface area contributed by atoms with Crippen molar-refractivity contribution in [3.8, 4) is 0 Å². The van der Waals surface area contributed by atoms with Gasteiger partial charge in [0.15, 0.2) is 0 Å². The second-order valence-corrected chi connectivity index (χ2v) is 5.69. The van der Waals surface area contributed by atoms with Crippen molar-refractivity contribution in [2.45, 2.75) is 57.8 Å². The van der Waals surface area contributed by atoms with E-state index >= 15 is 0 Å². The molecule has 2 N–H and O–H groups in total. The predicted molar refractivity (Wildman–Crippen MR) is 91.3 cm³/mol. The lowest BCUT2D eigenvalue weighted by Crippen LogP contribution is -1.90. The molecule has 2 rings (SSSR count). The van der Waals surface area contributed by atoms with Crippen molar-refractivity contribution in [3.63, 3.8) is 0 Å². The Morgan fingerprint density at radius 1 is 0.680 bits per heavy atom. The van der Waals surface area contributed by atoms with E-state index < -0.39 is 0 Å². The number of carbonyl (C=O) groups excluding carboxylic acids is 4. The molecule has 0 aromatic carbocycles. The molecule has 0 heterocycles. The third-order valence-electron chi connectivity index (χ3n) is 4.05. The first-order valence-electron chi connectivity index (χ1n) is 8.35. The lowest BCUT2D eigenvalue weighted by atomic mass is 10.0. The van der Waals surface area contributed by atoms with Crippen molar-refractivity contribution in [2.75, 3.05) is 13.1 Å². The summed E-state index contributed by atoms with van der Waals surface area (Å²) in [6.07, 6.45) is 16.1. The van der Waals surface area contributed by atoms with Crippen molar-refractivity contribution >= 4 is 24.3 Å². The Kier molecular flexibility index (Phi) is 21.3. The van der Waals surface area contributed by atoms with E-state index in [-0.39, 0.29) is 0 Å². The van der Waals surface area contributed by atoms with Crippen LogP contribution in [0.1, 0.15) is 57.8 Å². The largest absolute Gasteiger partial charge is 0.234 e. The molecule has 0 unspecified atom stereocenters. The molecule has 2 aliphatic rings. The van der Waals surface area contributed by atoms with Gasteiger partial charge in [-0.05, 0) is 31.1 Å². The van der Waals surface area contributed by atoms with Crippen LogP contribution in [0.5, 0.6) is 0 Å². The van der Waals surface area contributed by atoms with Crippen LogP contribution in [0.2, 0.25) is 0 Å². The van der Waals surface area contributed by atoms with E-state index in [1.54, 1.807) is 32.1 Å². The van der Waals surface area contributed by atoms with E-state index in [0.717, 1.165) is 37.8 Å². The van der Waals surface area contributed by atoms with Gasteiger partial charge in [0.25, 0.3) is 0 Å². The normalized spacial score (nSPS) is 18.1. The Bertz CT molecular complexity index is 433. The van der Waals surface area contributed by atoms with Gasteiger partial charge in [0.05, 0.1) is 13.1 Å². The van der Waals surface area contributed by atoms with Crippen LogP contribution < -0.4 is 0 Å². The average Bonchev–Trinajstić information content (AvgIpc) is 3.25. The molecule has 2 bridgehead atoms. The lowest BCUT2D eigenvalue weighted by Gasteiger charge is -2.05. The number of rotatable bonds is 7. The first-order valence-corrected chi connectivity index (χ1v) is 8.35. The zero-order valence-corrected chi connectivity index (χ0v) is 14.5. The summed E-state index contributed by atoms with van der Waals surface area (Å²) in [5.74, 6) is 2.34. The van der Waals surface area contributed by atoms with Crippen LogP contribution in [0.3, 0.4) is 0 Å². The maximum atomic E-state index is 9.63. The van der Waals surface area contributed by atoms with E-state index in [9.17, 15) is 9.59 Å². The summed E-state index contributed by atoms with van der Waals surface area (Å²) < 4.78 is 0. The number of hydrogen-bond donors (Lipinski definition) is 2. The standard InChI is InChI=1S/C8H12N2O2.C7H12.2CHNO/c11-7-9-5-3-1-2-4-6-10-8-12;1-2-7-4-3-6(1)5-7;2*2-1-3/h1-6H2;6-7H,1-5H2;2*2H. The van der Waals surface area contributed by atoms with E-state index in [4.69, 9.17) is 20.4 Å². The minimum Gasteiger partial charge on any atom is -0.222 e. The van der Waals surface area contributed by atoms with Crippen LogP contribution in [0.4, 0.5) is 0 Å². The van der Waals surface area contributed by atoms with Crippen LogP contribution in [0.25, 0.3) is 0 Å². The summed E-state index contributed by atoms with van der Waals surface area (Å²) in [7, 11) is 0. The fraction of sp³-hybridized carbons (Fsp3) is 0.765. The molecule has 0 aliphatic heterocycles. The number of nitrogens with one attached hydrogen (secondary N) is 2. The molecule has 0 amide bonds. The highest BCUT2D eigenvalue weighted by molar-refractivity contribution is 5.32. The molecule has 0 spiro atoms. The molecule has 0 aromatic rings. The van der Waals surface area contributed by atoms with Gasteiger partial charge >= 0.3 is 0 Å². The Labute approximate surface area is 147 Å². The molecule has 2 fully saturated rings. The SMILES string of the molecule is C1CC2CCC1C2.N=C=O.N=C=O.O=C=NCCCCCCN=C=O. The molecule has 0 atom stereocenters. The number of nitrogens with zero attached hydrogens (tertiary/aromatic N) is 2. The molecule has 0 saturated heterocycles. The van der Waals surface area contributed by atoms with Gasteiger partial charge in [0.2, 0.25) is 24.3 Å². The van der Waals surface area contributed by atoms with Gasteiger partial charge in [-0.3, -0.25) is 0 Å². The summed E-state index contributed by atoms with van der Waals surface area (Å²) in [6, 6.07) is 0. The quantitative estimate of drug-likeness (QED) is 0.413. The van der Waals surface area contributed by atoms with E-state index in [0.29, 0.717) is 13.1 Å². The molecular weight excluding hydrogens is 324 g/mol. The van der Waals surface area contributed by atoms with Crippen molar-refractivity contribution < 1.29 is 19.2 Å². The monoisotopic (exact) mass is 350 g/mol. The van der Waals surface area contributed by atoms with Crippen molar-refractivity contribution in [1.29, 1.82) is 10.8 Å². The second kappa shape index (κ2) is 21.5. The predicted octanol–water partition coefficient (Wildman–Crippen LogP) is 3.22. The molecule has 0 radical (unpaired) electrons. The molecule has 138 valence electrons. The highest BCUT2D eigenvalue weighted by Gasteiger charge is 2.30. The number of unbranched alkanes of at least 4 members (excludes halogenated alkanes) is 3. The first-order chi connectivity index (χ1) is 12.2. The van der Waals surface area contributed by atoms with Crippen LogP contribution in [-0.2, 0) is 19.2 Å². The molecule has 0 aromatic heterocycles. The number of aliphatic imine (C=N–C) groups is 2. The van der Waals surface area contributed by atoms with Crippen LogP contribution >= 0.6 is 0 Å². The molecule has 8 nitrogen and oxygen atoms in total. The zero-order valence-electron chi connectivity index (χ0n) is 14.5. The minimum absolute atomic E-state index is 0.556. The maximum Gasteiger partial charge on any atom is 0.234 e. The fourth-order valence-electron chi connectivity index (χ4n) is 3.00. The molecule has 2 saturated carbocycles. The highest BCUT2D eigenvalue weighted by Crippen LogP contribution is 2.43. The summed E-state index contributed by atoms with van der Waals surface area (Å²) in [5.41, 5.74) is 0. The third-order valence-corrected chi connectivity index (χ3v) is 4.05. The maximum absolute atomic E-state index is 9.63. The van der Waals surface area contributed by atoms with Crippen molar-refractivity contribution in [2.24, 2.45) is 21.8 Å². The van der Waals surface area contributed by atoms with Gasteiger partial charge in [-0.15, -0.1) is 0 Å². The Morgan fingerprint density at radius 2 is 1.00 bits per heavy atom. The van der Waals surface area contributed by atoms with Crippen LogP contribution in [-0.4, -0.2) is 37.4 Å². The fourth-order valence-corrected chi connectivity index (χ4v) is 3.00. The highest BCUT2D eigenvalue weighted by atomic mass is 16.1. The summed E-state index contributed by atoms with van der Waals surface area (Å²) in [4.78, 5) is 42.8. The van der Waals surface area contributed by atoms with Gasteiger partial charge in [0.1, 0.15) is 0 Å². The van der Waals surface area contributed by atoms with Crippen molar-refractivity contribution in [1.82, 2.24) is 0 Å². The third kappa shape index (κ3) is 19.5. The van der Waals surface area contributed by atoms with Crippen molar-refractivity contribution in [3.05, 3.63) is 0 Å². The minimum atomic E-state index is 0.556. The lowest BCUT2D eigenvalue weighted by molar-refractivity contribution is 0.480. The van der Waals surface area contributed by atoms with Gasteiger partial charge in [-0.2, -0.15) is 0 Å². The molecule has 25 heavy (non-hydrogen) atoms. The Morgan fingerprint density at radius 3 is 1.20 bits per heavy atom. The molecule has 8 heteroatoms. The number of fused-ring (bicyclic) bond motifs is 2. The molecular formula is C17H26N4O4. The second-order valence-electron chi connectivity index (χ2n) is 5.69. The number of hydrogen-bond acceptors (Lipinski definition) is 8. The zero-order chi connectivity index (χ0) is 19.2. The van der Waals surface area contributed by atoms with Gasteiger partial charge in [0, 0.05) is 0 Å². The molecule has 2 aliphatic carbocycles. The summed E-state index contributed by atoms with van der Waals surface area (Å²) in [6.45, 7) is 1.11. The van der Waals surface area contributed by atoms with E-state index in [1.165, 1.54) is 24.0 Å². The topological polar surface area (TPSA) is 141 Å². The van der Waals surface area contributed by atoms with Gasteiger partial charge in [-0.25, -0.2) is 40.0 Å². The Balaban J connectivity index is 0.